The fourth-order valence-electron chi connectivity index (χ4n) is 4.02. The third-order valence-electron chi connectivity index (χ3n) is 5.59. The van der Waals surface area contributed by atoms with Gasteiger partial charge in [-0.3, -0.25) is 10.1 Å². The number of benzene rings is 2. The number of carbonyl (C=O) groups excluding carboxylic acids is 2. The lowest BCUT2D eigenvalue weighted by Crippen LogP contribution is -2.38. The van der Waals surface area contributed by atoms with Crippen molar-refractivity contribution in [1.29, 1.82) is 0 Å². The molecule has 36 heavy (non-hydrogen) atoms. The van der Waals surface area contributed by atoms with Gasteiger partial charge in [0.15, 0.2) is 0 Å². The summed E-state index contributed by atoms with van der Waals surface area (Å²) in [6.45, 7) is 10.9. The standard InChI is InChI=1S/C29H37N3O3S/c1-7-15-32(16-8-2)27(33)23-17-22-10-9-21(20-11-13-24(36-6)14-12-20)18-25(22)30-26(19-23)31-28(34)35-29(3,4)5/h9-14,17-18H,7-8,15-16,19H2,1-6H3,(H,30,31,34). The molecule has 1 heterocycles. The molecule has 0 bridgehead atoms. The minimum atomic E-state index is -0.642. The van der Waals surface area contributed by atoms with Crippen molar-refractivity contribution in [3.63, 3.8) is 0 Å². The van der Waals surface area contributed by atoms with Gasteiger partial charge in [-0.25, -0.2) is 9.79 Å². The summed E-state index contributed by atoms with van der Waals surface area (Å²) in [7, 11) is 0. The quantitative estimate of drug-likeness (QED) is 0.407. The Bertz CT molecular complexity index is 1140. The molecule has 0 aliphatic carbocycles. The Morgan fingerprint density at radius 2 is 1.67 bits per heavy atom. The van der Waals surface area contributed by atoms with Crippen molar-refractivity contribution in [3.8, 4) is 11.1 Å². The van der Waals surface area contributed by atoms with E-state index in [1.807, 2.05) is 49.9 Å². The van der Waals surface area contributed by atoms with Gasteiger partial charge < -0.3 is 9.64 Å². The summed E-state index contributed by atoms with van der Waals surface area (Å²) < 4.78 is 5.46. The average molecular weight is 508 g/mol. The minimum Gasteiger partial charge on any atom is -0.444 e. The second kappa shape index (κ2) is 12.3. The van der Waals surface area contributed by atoms with Crippen molar-refractivity contribution < 1.29 is 14.3 Å². The maximum Gasteiger partial charge on any atom is 0.413 e. The highest BCUT2D eigenvalue weighted by Gasteiger charge is 2.24. The summed E-state index contributed by atoms with van der Waals surface area (Å²) in [5.41, 5.74) is 3.60. The predicted octanol–water partition coefficient (Wildman–Crippen LogP) is 7.07. The van der Waals surface area contributed by atoms with Crippen LogP contribution in [0, 0.1) is 0 Å². The van der Waals surface area contributed by atoms with Gasteiger partial charge in [-0.15, -0.1) is 11.8 Å². The molecule has 0 unspecified atom stereocenters. The van der Waals surface area contributed by atoms with Gasteiger partial charge in [0.25, 0.3) is 0 Å². The zero-order valence-electron chi connectivity index (χ0n) is 22.2. The van der Waals surface area contributed by atoms with Crippen molar-refractivity contribution in [2.45, 2.75) is 64.4 Å². The lowest BCUT2D eigenvalue weighted by Gasteiger charge is -2.23. The number of rotatable bonds is 7. The average Bonchev–Trinajstić information content (AvgIpc) is 3.00. The molecule has 192 valence electrons. The second-order valence-electron chi connectivity index (χ2n) is 9.83. The SMILES string of the molecule is CCCN(CCC)C(=O)C1=Cc2ccc(-c3ccc(SC)cc3)cc2N=C(NC(=O)OC(C)(C)C)C1. The van der Waals surface area contributed by atoms with E-state index in [9.17, 15) is 9.59 Å². The summed E-state index contributed by atoms with van der Waals surface area (Å²) in [5.74, 6) is 0.368. The highest BCUT2D eigenvalue weighted by atomic mass is 32.2. The van der Waals surface area contributed by atoms with Crippen LogP contribution in [0.15, 0.2) is 57.9 Å². The zero-order valence-corrected chi connectivity index (χ0v) is 23.0. The molecule has 0 aromatic heterocycles. The molecule has 7 heteroatoms. The van der Waals surface area contributed by atoms with Gasteiger partial charge in [0, 0.05) is 35.5 Å². The maximum absolute atomic E-state index is 13.5. The maximum atomic E-state index is 13.5. The molecule has 1 N–H and O–H groups in total. The van der Waals surface area contributed by atoms with Crippen LogP contribution in [-0.4, -0.2) is 47.7 Å². The summed E-state index contributed by atoms with van der Waals surface area (Å²) in [4.78, 5) is 34.0. The first-order valence-electron chi connectivity index (χ1n) is 12.5. The number of fused-ring (bicyclic) bond motifs is 1. The Morgan fingerprint density at radius 1 is 1.03 bits per heavy atom. The topological polar surface area (TPSA) is 71.0 Å². The van der Waals surface area contributed by atoms with Crippen LogP contribution in [0.25, 0.3) is 17.2 Å². The van der Waals surface area contributed by atoms with Crippen LogP contribution in [-0.2, 0) is 9.53 Å². The molecule has 2 aromatic rings. The molecule has 1 aliphatic rings. The van der Waals surface area contributed by atoms with Gasteiger partial charge in [-0.2, -0.15) is 0 Å². The van der Waals surface area contributed by atoms with E-state index >= 15 is 0 Å². The van der Waals surface area contributed by atoms with Crippen molar-refractivity contribution in [2.24, 2.45) is 4.99 Å². The first kappa shape index (κ1) is 27.5. The van der Waals surface area contributed by atoms with Crippen LogP contribution in [0.3, 0.4) is 0 Å². The van der Waals surface area contributed by atoms with Crippen LogP contribution < -0.4 is 5.32 Å². The van der Waals surface area contributed by atoms with E-state index < -0.39 is 11.7 Å². The van der Waals surface area contributed by atoms with Gasteiger partial charge in [-0.1, -0.05) is 38.1 Å². The van der Waals surface area contributed by atoms with E-state index in [-0.39, 0.29) is 12.3 Å². The monoisotopic (exact) mass is 507 g/mol. The molecule has 2 aromatic carbocycles. The highest BCUT2D eigenvalue weighted by molar-refractivity contribution is 7.98. The van der Waals surface area contributed by atoms with Crippen LogP contribution >= 0.6 is 11.8 Å². The minimum absolute atomic E-state index is 0.0260. The smallest absolute Gasteiger partial charge is 0.413 e. The van der Waals surface area contributed by atoms with Crippen molar-refractivity contribution >= 4 is 41.4 Å². The number of ether oxygens (including phenoxy) is 1. The Morgan fingerprint density at radius 3 is 2.25 bits per heavy atom. The Labute approximate surface area is 219 Å². The van der Waals surface area contributed by atoms with Crippen molar-refractivity contribution in [3.05, 3.63) is 53.6 Å². The molecule has 6 nitrogen and oxygen atoms in total. The third kappa shape index (κ3) is 7.47. The summed E-state index contributed by atoms with van der Waals surface area (Å²) in [6.07, 6.45) is 5.35. The Kier molecular flexibility index (Phi) is 9.37. The molecule has 0 radical (unpaired) electrons. The normalized spacial score (nSPS) is 13.2. The first-order valence-corrected chi connectivity index (χ1v) is 13.7. The van der Waals surface area contributed by atoms with Gasteiger partial charge in [-0.05, 0) is 75.3 Å². The van der Waals surface area contributed by atoms with Gasteiger partial charge >= 0.3 is 6.09 Å². The summed E-state index contributed by atoms with van der Waals surface area (Å²) in [5, 5.41) is 2.79. The Balaban J connectivity index is 2.02. The Hall–Kier alpha value is -3.06. The van der Waals surface area contributed by atoms with E-state index in [1.54, 1.807) is 11.8 Å². The van der Waals surface area contributed by atoms with Crippen LogP contribution in [0.5, 0.6) is 0 Å². The lowest BCUT2D eigenvalue weighted by atomic mass is 10.0. The number of amides is 2. The lowest BCUT2D eigenvalue weighted by molar-refractivity contribution is -0.127. The molecule has 0 spiro atoms. The molecule has 0 fully saturated rings. The number of nitrogens with one attached hydrogen (secondary N) is 1. The van der Waals surface area contributed by atoms with Crippen molar-refractivity contribution in [1.82, 2.24) is 10.2 Å². The van der Waals surface area contributed by atoms with Crippen LogP contribution in [0.1, 0.15) is 59.4 Å². The number of aliphatic imine (C=N–C) groups is 1. The molecular weight excluding hydrogens is 470 g/mol. The fourth-order valence-corrected chi connectivity index (χ4v) is 4.43. The molecule has 2 amide bonds. The first-order chi connectivity index (χ1) is 17.1. The molecule has 0 saturated heterocycles. The largest absolute Gasteiger partial charge is 0.444 e. The van der Waals surface area contributed by atoms with E-state index in [2.05, 4.69) is 49.7 Å². The number of hydrogen-bond donors (Lipinski definition) is 1. The van der Waals surface area contributed by atoms with E-state index in [0.29, 0.717) is 30.2 Å². The van der Waals surface area contributed by atoms with Gasteiger partial charge in [0.05, 0.1) is 5.69 Å². The predicted molar refractivity (Wildman–Crippen MR) is 150 cm³/mol. The number of thioether (sulfide) groups is 1. The summed E-state index contributed by atoms with van der Waals surface area (Å²) >= 11 is 1.70. The molecular formula is C29H37N3O3S. The van der Waals surface area contributed by atoms with Gasteiger partial charge in [0.1, 0.15) is 11.4 Å². The zero-order chi connectivity index (χ0) is 26.3. The number of alkyl carbamates (subject to hydrolysis) is 1. The number of carbonyl (C=O) groups is 2. The second-order valence-corrected chi connectivity index (χ2v) is 10.7. The molecule has 3 rings (SSSR count). The third-order valence-corrected chi connectivity index (χ3v) is 6.33. The van der Waals surface area contributed by atoms with Crippen molar-refractivity contribution in [2.75, 3.05) is 19.3 Å². The van der Waals surface area contributed by atoms with E-state index in [4.69, 9.17) is 9.73 Å². The van der Waals surface area contributed by atoms with E-state index in [1.165, 1.54) is 4.90 Å². The molecule has 0 saturated carbocycles. The number of hydrogen-bond acceptors (Lipinski definition) is 5. The fraction of sp³-hybridized carbons (Fsp3) is 0.414. The number of amidine groups is 1. The van der Waals surface area contributed by atoms with Crippen LogP contribution in [0.2, 0.25) is 0 Å². The number of nitrogens with zero attached hydrogens (tertiary/aromatic N) is 2. The summed E-state index contributed by atoms with van der Waals surface area (Å²) in [6, 6.07) is 14.4. The van der Waals surface area contributed by atoms with Gasteiger partial charge in [0.2, 0.25) is 5.91 Å². The van der Waals surface area contributed by atoms with E-state index in [0.717, 1.165) is 29.5 Å². The van der Waals surface area contributed by atoms with Crippen LogP contribution in [0.4, 0.5) is 10.5 Å². The molecule has 0 atom stereocenters. The molecule has 1 aliphatic heterocycles. The highest BCUT2D eigenvalue weighted by Crippen LogP contribution is 2.33.